The predicted octanol–water partition coefficient (Wildman–Crippen LogP) is 5.91. The molecule has 0 aromatic carbocycles. The third-order valence-corrected chi connectivity index (χ3v) is 3.45. The Morgan fingerprint density at radius 1 is 0.792 bits per heavy atom. The topological polar surface area (TPSA) is 74.6 Å². The average molecular weight is 343 g/mol. The number of carboxylic acid groups (broad SMARTS) is 2. The van der Waals surface area contributed by atoms with Gasteiger partial charge in [0.15, 0.2) is 0 Å². The van der Waals surface area contributed by atoms with Crippen LogP contribution in [0.15, 0.2) is 12.2 Å². The Morgan fingerprint density at radius 2 is 1.29 bits per heavy atom. The zero-order valence-corrected chi connectivity index (χ0v) is 16.1. The molecule has 142 valence electrons. The number of allylic oxidation sites excluding steroid dienone is 2. The van der Waals surface area contributed by atoms with Gasteiger partial charge < -0.3 is 10.2 Å². The van der Waals surface area contributed by atoms with Gasteiger partial charge in [0.2, 0.25) is 0 Å². The molecule has 0 unspecified atom stereocenters. The van der Waals surface area contributed by atoms with Crippen molar-refractivity contribution in [1.29, 1.82) is 0 Å². The third-order valence-electron chi connectivity index (χ3n) is 3.45. The van der Waals surface area contributed by atoms with E-state index < -0.39 is 11.9 Å². The highest BCUT2D eigenvalue weighted by Crippen LogP contribution is 2.10. The number of hydrogen-bond donors (Lipinski definition) is 2. The Morgan fingerprint density at radius 3 is 1.75 bits per heavy atom. The van der Waals surface area contributed by atoms with E-state index in [4.69, 9.17) is 10.2 Å². The minimum atomic E-state index is -0.692. The van der Waals surface area contributed by atoms with Gasteiger partial charge in [-0.15, -0.1) is 0 Å². The molecule has 0 amide bonds. The molecule has 0 aliphatic heterocycles. The molecule has 0 rings (SSSR count). The maximum Gasteiger partial charge on any atom is 0.303 e. The molecule has 4 heteroatoms. The Kier molecular flexibility index (Phi) is 18.7. The SMILES string of the molecule is CC(C)/C=C/CCCCC(=O)O.CC(C)CCCCCCC(=O)O. The van der Waals surface area contributed by atoms with Gasteiger partial charge >= 0.3 is 11.9 Å². The highest BCUT2D eigenvalue weighted by Gasteiger charge is 1.97. The molecule has 0 saturated carbocycles. The molecule has 2 N–H and O–H groups in total. The van der Waals surface area contributed by atoms with E-state index in [9.17, 15) is 9.59 Å². The Hall–Kier alpha value is -1.32. The smallest absolute Gasteiger partial charge is 0.303 e. The first-order valence-electron chi connectivity index (χ1n) is 9.36. The number of carbonyl (C=O) groups is 2. The Labute approximate surface area is 148 Å². The molecule has 0 aromatic heterocycles. The van der Waals surface area contributed by atoms with Crippen molar-refractivity contribution in [3.05, 3.63) is 12.2 Å². The van der Waals surface area contributed by atoms with Crippen LogP contribution in [-0.2, 0) is 9.59 Å². The van der Waals surface area contributed by atoms with Crippen molar-refractivity contribution in [3.8, 4) is 0 Å². The minimum absolute atomic E-state index is 0.301. The van der Waals surface area contributed by atoms with Crippen LogP contribution >= 0.6 is 0 Å². The number of rotatable bonds is 13. The van der Waals surface area contributed by atoms with Crippen LogP contribution in [0.4, 0.5) is 0 Å². The van der Waals surface area contributed by atoms with Gasteiger partial charge in [-0.2, -0.15) is 0 Å². The van der Waals surface area contributed by atoms with E-state index in [2.05, 4.69) is 39.8 Å². The van der Waals surface area contributed by atoms with Crippen molar-refractivity contribution >= 4 is 11.9 Å². The molecule has 0 aliphatic carbocycles. The summed E-state index contributed by atoms with van der Waals surface area (Å²) in [6.45, 7) is 8.70. The molecule has 0 atom stereocenters. The lowest BCUT2D eigenvalue weighted by molar-refractivity contribution is -0.138. The van der Waals surface area contributed by atoms with E-state index in [1.807, 2.05) is 0 Å². The molecular formula is C20H38O4. The van der Waals surface area contributed by atoms with Crippen LogP contribution in [0.2, 0.25) is 0 Å². The standard InChI is InChI=1S/C10H20O2.C10H18O2/c2*1-9(2)7-5-3-4-6-8-10(11)12/h9H,3-8H2,1-2H3,(H,11,12);5,7,9H,3-4,6,8H2,1-2H3,(H,11,12)/b;7-5+. The Bertz CT molecular complexity index is 333. The first-order chi connectivity index (χ1) is 11.3. The zero-order chi connectivity index (χ0) is 18.8. The van der Waals surface area contributed by atoms with Gasteiger partial charge in [0.05, 0.1) is 0 Å². The van der Waals surface area contributed by atoms with E-state index in [-0.39, 0.29) is 0 Å². The molecular weight excluding hydrogens is 304 g/mol. The van der Waals surface area contributed by atoms with E-state index in [1.54, 1.807) is 0 Å². The second kappa shape index (κ2) is 18.0. The van der Waals surface area contributed by atoms with Crippen LogP contribution in [-0.4, -0.2) is 22.2 Å². The van der Waals surface area contributed by atoms with Gasteiger partial charge in [0.1, 0.15) is 0 Å². The van der Waals surface area contributed by atoms with Gasteiger partial charge in [0, 0.05) is 12.8 Å². The average Bonchev–Trinajstić information content (AvgIpc) is 2.46. The quantitative estimate of drug-likeness (QED) is 0.322. The van der Waals surface area contributed by atoms with Crippen LogP contribution in [0.1, 0.15) is 91.9 Å². The lowest BCUT2D eigenvalue weighted by Crippen LogP contribution is -1.94. The largest absolute Gasteiger partial charge is 0.481 e. The lowest BCUT2D eigenvalue weighted by atomic mass is 10.0. The third kappa shape index (κ3) is 28.8. The summed E-state index contributed by atoms with van der Waals surface area (Å²) in [4.78, 5) is 20.3. The second-order valence-electron chi connectivity index (χ2n) is 7.05. The molecule has 0 aromatic rings. The maximum absolute atomic E-state index is 10.1. The fraction of sp³-hybridized carbons (Fsp3) is 0.800. The minimum Gasteiger partial charge on any atom is -0.481 e. The number of hydrogen-bond acceptors (Lipinski definition) is 2. The van der Waals surface area contributed by atoms with Crippen LogP contribution in [0.25, 0.3) is 0 Å². The van der Waals surface area contributed by atoms with E-state index in [0.29, 0.717) is 18.8 Å². The fourth-order valence-corrected chi connectivity index (χ4v) is 2.09. The molecule has 0 bridgehead atoms. The van der Waals surface area contributed by atoms with Gasteiger partial charge in [-0.05, 0) is 37.5 Å². The Balaban J connectivity index is 0. The highest BCUT2D eigenvalue weighted by atomic mass is 16.4. The number of carboxylic acids is 2. The lowest BCUT2D eigenvalue weighted by Gasteiger charge is -2.02. The maximum atomic E-state index is 10.1. The fourth-order valence-electron chi connectivity index (χ4n) is 2.09. The molecule has 0 aliphatic rings. The molecule has 24 heavy (non-hydrogen) atoms. The van der Waals surface area contributed by atoms with Gasteiger partial charge in [-0.25, -0.2) is 0 Å². The molecule has 0 radical (unpaired) electrons. The summed E-state index contributed by atoms with van der Waals surface area (Å²) in [6.07, 6.45) is 13.3. The van der Waals surface area contributed by atoms with Gasteiger partial charge in [-0.3, -0.25) is 9.59 Å². The van der Waals surface area contributed by atoms with Gasteiger partial charge in [-0.1, -0.05) is 65.5 Å². The van der Waals surface area contributed by atoms with Crippen LogP contribution in [0.3, 0.4) is 0 Å². The van der Waals surface area contributed by atoms with Crippen LogP contribution in [0, 0.1) is 11.8 Å². The summed E-state index contributed by atoms with van der Waals surface area (Å²) in [5.74, 6) is 0.0237. The summed E-state index contributed by atoms with van der Waals surface area (Å²) in [6, 6.07) is 0. The van der Waals surface area contributed by atoms with Crippen molar-refractivity contribution in [2.75, 3.05) is 0 Å². The van der Waals surface area contributed by atoms with Crippen molar-refractivity contribution in [3.63, 3.8) is 0 Å². The zero-order valence-electron chi connectivity index (χ0n) is 16.1. The predicted molar refractivity (Wildman–Crippen MR) is 100 cm³/mol. The van der Waals surface area contributed by atoms with Gasteiger partial charge in [0.25, 0.3) is 0 Å². The molecule has 0 fully saturated rings. The summed E-state index contributed by atoms with van der Waals surface area (Å²) in [5, 5.41) is 16.7. The first kappa shape index (κ1) is 24.9. The molecule has 4 nitrogen and oxygen atoms in total. The van der Waals surface area contributed by atoms with Crippen molar-refractivity contribution in [1.82, 2.24) is 0 Å². The van der Waals surface area contributed by atoms with E-state index in [0.717, 1.165) is 38.0 Å². The highest BCUT2D eigenvalue weighted by molar-refractivity contribution is 5.66. The van der Waals surface area contributed by atoms with Crippen LogP contribution in [0.5, 0.6) is 0 Å². The number of aliphatic carboxylic acids is 2. The molecule has 0 saturated heterocycles. The number of unbranched alkanes of at least 4 members (excludes halogenated alkanes) is 5. The summed E-state index contributed by atoms with van der Waals surface area (Å²) >= 11 is 0. The van der Waals surface area contributed by atoms with E-state index in [1.165, 1.54) is 19.3 Å². The van der Waals surface area contributed by atoms with Crippen molar-refractivity contribution < 1.29 is 19.8 Å². The monoisotopic (exact) mass is 342 g/mol. The second-order valence-corrected chi connectivity index (χ2v) is 7.05. The first-order valence-corrected chi connectivity index (χ1v) is 9.36. The van der Waals surface area contributed by atoms with E-state index >= 15 is 0 Å². The summed E-state index contributed by atoms with van der Waals surface area (Å²) in [5.41, 5.74) is 0. The van der Waals surface area contributed by atoms with Crippen LogP contribution < -0.4 is 0 Å². The van der Waals surface area contributed by atoms with Crippen molar-refractivity contribution in [2.24, 2.45) is 11.8 Å². The summed E-state index contributed by atoms with van der Waals surface area (Å²) < 4.78 is 0. The summed E-state index contributed by atoms with van der Waals surface area (Å²) in [7, 11) is 0. The molecule has 0 heterocycles. The van der Waals surface area contributed by atoms with Crippen molar-refractivity contribution in [2.45, 2.75) is 91.9 Å². The molecule has 0 spiro atoms. The normalized spacial score (nSPS) is 10.9.